The summed E-state index contributed by atoms with van der Waals surface area (Å²) in [7, 11) is 1.39. The molecule has 0 aromatic carbocycles. The van der Waals surface area contributed by atoms with Gasteiger partial charge in [-0.2, -0.15) is 18.3 Å². The van der Waals surface area contributed by atoms with Crippen molar-refractivity contribution in [1.82, 2.24) is 15.1 Å². The van der Waals surface area contributed by atoms with Crippen molar-refractivity contribution >= 4 is 5.91 Å². The lowest BCUT2D eigenvalue weighted by Gasteiger charge is -2.37. The van der Waals surface area contributed by atoms with Crippen LogP contribution in [0.3, 0.4) is 0 Å². The molecule has 1 aliphatic carbocycles. The van der Waals surface area contributed by atoms with Gasteiger partial charge in [0, 0.05) is 19.3 Å². The Kier molecular flexibility index (Phi) is 6.16. The number of alkyl halides is 3. The zero-order chi connectivity index (χ0) is 18.8. The van der Waals surface area contributed by atoms with Crippen LogP contribution in [0.4, 0.5) is 13.2 Å². The van der Waals surface area contributed by atoms with Crippen molar-refractivity contribution in [3.63, 3.8) is 0 Å². The van der Waals surface area contributed by atoms with Gasteiger partial charge in [-0.25, -0.2) is 0 Å². The highest BCUT2D eigenvalue weighted by Gasteiger charge is 2.40. The zero-order valence-electron chi connectivity index (χ0n) is 15.4. The number of carbonyl (C=O) groups is 1. The van der Waals surface area contributed by atoms with Crippen LogP contribution in [0.15, 0.2) is 6.20 Å². The van der Waals surface area contributed by atoms with Crippen molar-refractivity contribution in [2.24, 2.45) is 24.8 Å². The molecule has 1 aromatic rings. The van der Waals surface area contributed by atoms with Crippen LogP contribution >= 0.6 is 0 Å². The van der Waals surface area contributed by atoms with E-state index in [9.17, 15) is 18.0 Å². The van der Waals surface area contributed by atoms with E-state index in [-0.39, 0.29) is 6.04 Å². The third-order valence-electron chi connectivity index (χ3n) is 5.05. The van der Waals surface area contributed by atoms with Gasteiger partial charge in [-0.05, 0) is 37.0 Å². The third-order valence-corrected chi connectivity index (χ3v) is 5.05. The summed E-state index contributed by atoms with van der Waals surface area (Å²) in [6.45, 7) is 6.51. The molecule has 1 saturated carbocycles. The first-order chi connectivity index (χ1) is 11.6. The Morgan fingerprint density at radius 3 is 2.56 bits per heavy atom. The number of rotatable bonds is 5. The predicted molar refractivity (Wildman–Crippen MR) is 90.0 cm³/mol. The average molecular weight is 359 g/mol. The fourth-order valence-electron chi connectivity index (χ4n) is 4.05. The molecule has 0 spiro atoms. The van der Waals surface area contributed by atoms with Crippen molar-refractivity contribution in [3.05, 3.63) is 17.5 Å². The number of hydrogen-bond acceptors (Lipinski definition) is 2. The van der Waals surface area contributed by atoms with E-state index >= 15 is 0 Å². The van der Waals surface area contributed by atoms with E-state index in [4.69, 9.17) is 0 Å². The molecule has 3 atom stereocenters. The van der Waals surface area contributed by atoms with Crippen molar-refractivity contribution in [1.29, 1.82) is 0 Å². The Morgan fingerprint density at radius 2 is 1.96 bits per heavy atom. The van der Waals surface area contributed by atoms with Crippen molar-refractivity contribution in [3.8, 4) is 0 Å². The minimum absolute atomic E-state index is 0.0729. The summed E-state index contributed by atoms with van der Waals surface area (Å²) in [5.74, 6) is 0.630. The van der Waals surface area contributed by atoms with Gasteiger partial charge in [0.1, 0.15) is 0 Å². The van der Waals surface area contributed by atoms with Crippen LogP contribution in [-0.4, -0.2) is 21.7 Å². The molecule has 3 unspecified atom stereocenters. The van der Waals surface area contributed by atoms with Gasteiger partial charge < -0.3 is 5.32 Å². The molecule has 1 heterocycles. The summed E-state index contributed by atoms with van der Waals surface area (Å²) in [6.07, 6.45) is 1.50. The molecule has 1 fully saturated rings. The first-order valence-electron chi connectivity index (χ1n) is 9.01. The van der Waals surface area contributed by atoms with Crippen molar-refractivity contribution in [2.75, 3.05) is 0 Å². The number of nitrogens with zero attached hydrogens (tertiary/aromatic N) is 2. The molecular formula is C18H28F3N3O. The lowest BCUT2D eigenvalue weighted by Crippen LogP contribution is -2.44. The fourth-order valence-corrected chi connectivity index (χ4v) is 4.05. The SMILES string of the molecule is CC(C)CC(C)C1CCCCC1NC(=O)c1cn(C)nc1C(F)(F)F. The lowest BCUT2D eigenvalue weighted by atomic mass is 9.74. The maximum Gasteiger partial charge on any atom is 0.435 e. The quantitative estimate of drug-likeness (QED) is 0.846. The minimum Gasteiger partial charge on any atom is -0.349 e. The third kappa shape index (κ3) is 4.98. The van der Waals surface area contributed by atoms with Gasteiger partial charge in [0.15, 0.2) is 5.69 Å². The molecule has 142 valence electrons. The van der Waals surface area contributed by atoms with E-state index in [2.05, 4.69) is 31.2 Å². The van der Waals surface area contributed by atoms with Crippen LogP contribution in [0.1, 0.15) is 68.9 Å². The first-order valence-corrected chi connectivity index (χ1v) is 9.01. The molecule has 1 amide bonds. The molecule has 0 radical (unpaired) electrons. The molecule has 1 N–H and O–H groups in total. The van der Waals surface area contributed by atoms with Crippen molar-refractivity contribution in [2.45, 2.75) is 65.1 Å². The minimum atomic E-state index is -4.63. The van der Waals surface area contributed by atoms with E-state index in [0.717, 1.165) is 43.0 Å². The molecule has 1 aromatic heterocycles. The Bertz CT molecular complexity index is 595. The normalized spacial score (nSPS) is 22.9. The summed E-state index contributed by atoms with van der Waals surface area (Å²) in [4.78, 5) is 12.5. The molecule has 25 heavy (non-hydrogen) atoms. The molecular weight excluding hydrogens is 331 g/mol. The number of aryl methyl sites for hydroxylation is 1. The molecule has 0 saturated heterocycles. The van der Waals surface area contributed by atoms with Gasteiger partial charge in [0.05, 0.1) is 5.56 Å². The van der Waals surface area contributed by atoms with Gasteiger partial charge in [0.2, 0.25) is 0 Å². The smallest absolute Gasteiger partial charge is 0.349 e. The van der Waals surface area contributed by atoms with Gasteiger partial charge in [-0.3, -0.25) is 9.48 Å². The van der Waals surface area contributed by atoms with E-state index in [1.807, 2.05) is 0 Å². The summed E-state index contributed by atoms with van der Waals surface area (Å²) >= 11 is 0. The van der Waals surface area contributed by atoms with E-state index in [1.165, 1.54) is 7.05 Å². The molecule has 4 nitrogen and oxygen atoms in total. The highest BCUT2D eigenvalue weighted by molar-refractivity contribution is 5.95. The molecule has 2 rings (SSSR count). The van der Waals surface area contributed by atoms with Gasteiger partial charge in [0.25, 0.3) is 5.91 Å². The molecule has 0 bridgehead atoms. The largest absolute Gasteiger partial charge is 0.435 e. The van der Waals surface area contributed by atoms with Crippen LogP contribution in [0.5, 0.6) is 0 Å². The molecule has 0 aliphatic heterocycles. The van der Waals surface area contributed by atoms with Gasteiger partial charge in [-0.1, -0.05) is 33.6 Å². The average Bonchev–Trinajstić information content (AvgIpc) is 2.89. The zero-order valence-corrected chi connectivity index (χ0v) is 15.4. The van der Waals surface area contributed by atoms with Crippen LogP contribution in [0.25, 0.3) is 0 Å². The molecule has 1 aliphatic rings. The predicted octanol–water partition coefficient (Wildman–Crippen LogP) is 4.41. The van der Waals surface area contributed by atoms with Crippen LogP contribution < -0.4 is 5.32 Å². The number of amides is 1. The Morgan fingerprint density at radius 1 is 1.32 bits per heavy atom. The number of nitrogens with one attached hydrogen (secondary N) is 1. The Balaban J connectivity index is 2.15. The van der Waals surface area contributed by atoms with Gasteiger partial charge >= 0.3 is 6.18 Å². The highest BCUT2D eigenvalue weighted by atomic mass is 19.4. The number of halogens is 3. The standard InChI is InChI=1S/C18H28F3N3O/c1-11(2)9-12(3)13-7-5-6-8-15(13)22-17(25)14-10-24(4)23-16(14)18(19,20)21/h10-13,15H,5-9H2,1-4H3,(H,22,25). The maximum absolute atomic E-state index is 13.1. The van der Waals surface area contributed by atoms with E-state index < -0.39 is 23.3 Å². The summed E-state index contributed by atoms with van der Waals surface area (Å²) in [5.41, 5.74) is -1.51. The highest BCUT2D eigenvalue weighted by Crippen LogP contribution is 2.34. The number of aromatic nitrogens is 2. The van der Waals surface area contributed by atoms with E-state index in [0.29, 0.717) is 17.8 Å². The Hall–Kier alpha value is -1.53. The number of carbonyl (C=O) groups excluding carboxylic acids is 1. The summed E-state index contributed by atoms with van der Waals surface area (Å²) in [5, 5.41) is 6.29. The van der Waals surface area contributed by atoms with Crippen LogP contribution in [-0.2, 0) is 13.2 Å². The second-order valence-corrected chi connectivity index (χ2v) is 7.70. The topological polar surface area (TPSA) is 46.9 Å². The van der Waals surface area contributed by atoms with Crippen LogP contribution in [0.2, 0.25) is 0 Å². The van der Waals surface area contributed by atoms with Crippen LogP contribution in [0, 0.1) is 17.8 Å². The second-order valence-electron chi connectivity index (χ2n) is 7.70. The van der Waals surface area contributed by atoms with Gasteiger partial charge in [-0.15, -0.1) is 0 Å². The molecule has 7 heteroatoms. The van der Waals surface area contributed by atoms with Crippen molar-refractivity contribution < 1.29 is 18.0 Å². The van der Waals surface area contributed by atoms with E-state index in [1.54, 1.807) is 0 Å². The monoisotopic (exact) mass is 359 g/mol. The Labute approximate surface area is 147 Å². The fraction of sp³-hybridized carbons (Fsp3) is 0.778. The maximum atomic E-state index is 13.1. The summed E-state index contributed by atoms with van der Waals surface area (Å²) in [6, 6.07) is -0.0729. The summed E-state index contributed by atoms with van der Waals surface area (Å²) < 4.78 is 40.3. The first kappa shape index (κ1) is 19.8. The number of hydrogen-bond donors (Lipinski definition) is 1. The second kappa shape index (κ2) is 7.79. The lowest BCUT2D eigenvalue weighted by molar-refractivity contribution is -0.141.